The highest BCUT2D eigenvalue weighted by atomic mass is 19.1. The van der Waals surface area contributed by atoms with E-state index in [1.807, 2.05) is 11.7 Å². The van der Waals surface area contributed by atoms with Crippen LogP contribution in [0.5, 0.6) is 11.8 Å². The molecule has 1 saturated carbocycles. The third-order valence-electron chi connectivity index (χ3n) is 18.3. The number of piperazine rings is 1. The number of ether oxygens (including phenoxy) is 1. The lowest BCUT2D eigenvalue weighted by atomic mass is 9.86. The number of imide groups is 1. The fraction of sp³-hybridized carbons (Fsp3) is 0.508. The minimum Gasteiger partial charge on any atom is -0.508 e. The van der Waals surface area contributed by atoms with E-state index in [9.17, 15) is 19.5 Å². The number of hydrogen-bond donors (Lipinski definition) is 3. The molecule has 3 N–H and O–H groups in total. The number of amides is 3. The van der Waals surface area contributed by atoms with Gasteiger partial charge in [0.15, 0.2) is 5.82 Å². The molecule has 3 aromatic carbocycles. The maximum absolute atomic E-state index is 17.2. The number of halogens is 2. The normalized spacial score (nSPS) is 23.7. The third kappa shape index (κ3) is 9.41. The van der Waals surface area contributed by atoms with Gasteiger partial charge in [0.25, 0.3) is 0 Å². The average molecular weight is 1050 g/mol. The number of terminal acetylenes is 1. The summed E-state index contributed by atoms with van der Waals surface area (Å²) in [5.41, 5.74) is 3.00. The Balaban J connectivity index is 0.619. The maximum atomic E-state index is 17.2. The van der Waals surface area contributed by atoms with Crippen LogP contribution in [0.25, 0.3) is 43.8 Å². The van der Waals surface area contributed by atoms with Crippen molar-refractivity contribution in [1.29, 1.82) is 0 Å². The fourth-order valence-corrected chi connectivity index (χ4v) is 13.9. The summed E-state index contributed by atoms with van der Waals surface area (Å²) < 4.78 is 40.6. The second-order valence-corrected chi connectivity index (χ2v) is 23.2. The molecule has 2 bridgehead atoms. The summed E-state index contributed by atoms with van der Waals surface area (Å²) in [5.74, 6) is 1.33. The predicted octanol–water partition coefficient (Wildman–Crippen LogP) is 6.90. The molecule has 1 aliphatic carbocycles. The number of nitrogens with zero attached hydrogens (tertiary/aromatic N) is 9. The van der Waals surface area contributed by atoms with E-state index in [1.165, 1.54) is 29.8 Å². The molecule has 9 heterocycles. The van der Waals surface area contributed by atoms with Gasteiger partial charge in [-0.2, -0.15) is 15.1 Å². The first-order valence-corrected chi connectivity index (χ1v) is 27.9. The van der Waals surface area contributed by atoms with Crippen LogP contribution in [0, 0.1) is 35.3 Å². The van der Waals surface area contributed by atoms with Gasteiger partial charge < -0.3 is 34.8 Å². The number of phenols is 1. The van der Waals surface area contributed by atoms with Crippen LogP contribution in [-0.4, -0.2) is 146 Å². The number of hydrogen-bond acceptors (Lipinski definition) is 13. The standard InChI is InChI=1S/C59H65F2N11O5/c1-3-42-47(60)10-5-37-26-41(73)28-45(50(37)42)53-51(61)54-46(29-62-53)55(72-30-38-6-7-39(31-72)63-38)66-58(65-54)77-33-59(18-19-59)32-69-20-12-35(13-21-69)57(76)71-24-16-40(17-25-71)70-22-14-34(15-23-70)36-4-8-43-48(27-36)68(2)67-52(43)44-9-11-49(74)64-56(44)75/h1,4-5,8,10,26-29,34-35,38-40,44,63,73H,6-7,9,11-25,30-33H2,2H3,(H,64,74,75). The van der Waals surface area contributed by atoms with Gasteiger partial charge in [-0.1, -0.05) is 24.1 Å². The number of benzene rings is 3. The Morgan fingerprint density at radius 3 is 2.39 bits per heavy atom. The van der Waals surface area contributed by atoms with Crippen molar-refractivity contribution in [2.24, 2.45) is 18.4 Å². The number of aromatic hydroxyl groups is 1. The SMILES string of the molecule is C#Cc1c(F)ccc2cc(O)cc(-c3ncc4c(N5CC6CCC(C5)N6)nc(OCC5(CN6CCC(C(=O)N7CCC(N8CCC(c9ccc%10c(C%11CCC(=O)NC%11=O)nn(C)c%10c9)CC8)CC7)CC6)CC5)nc4c3F)c12. The summed E-state index contributed by atoms with van der Waals surface area (Å²) in [5, 5.41) is 23.8. The van der Waals surface area contributed by atoms with Crippen LogP contribution in [0.15, 0.2) is 48.7 Å². The molecule has 7 aliphatic rings. The van der Waals surface area contributed by atoms with E-state index in [-0.39, 0.29) is 74.7 Å². The summed E-state index contributed by atoms with van der Waals surface area (Å²) in [6.45, 7) is 7.94. The molecule has 6 aliphatic heterocycles. The van der Waals surface area contributed by atoms with Crippen LogP contribution < -0.4 is 20.3 Å². The van der Waals surface area contributed by atoms with E-state index in [0.29, 0.717) is 67.0 Å². The zero-order valence-electron chi connectivity index (χ0n) is 43.6. The molecular formula is C59H65F2N11O5. The molecule has 3 unspecified atom stereocenters. The third-order valence-corrected chi connectivity index (χ3v) is 18.3. The van der Waals surface area contributed by atoms with E-state index < -0.39 is 17.6 Å². The van der Waals surface area contributed by atoms with Crippen molar-refractivity contribution in [2.45, 2.75) is 107 Å². The monoisotopic (exact) mass is 1050 g/mol. The van der Waals surface area contributed by atoms with Gasteiger partial charge >= 0.3 is 6.01 Å². The van der Waals surface area contributed by atoms with Crippen LogP contribution in [-0.2, 0) is 21.4 Å². The number of piperidine rings is 4. The van der Waals surface area contributed by atoms with Gasteiger partial charge in [-0.3, -0.25) is 29.4 Å². The minimum atomic E-state index is -0.740. The number of likely N-dealkylation sites (tertiary alicyclic amines) is 3. The number of fused-ring (bicyclic) bond motifs is 5. The topological polar surface area (TPSA) is 174 Å². The number of anilines is 1. The maximum Gasteiger partial charge on any atom is 0.319 e. The Kier molecular flexibility index (Phi) is 12.8. The van der Waals surface area contributed by atoms with Crippen LogP contribution in [0.2, 0.25) is 0 Å². The van der Waals surface area contributed by atoms with E-state index >= 15 is 8.78 Å². The molecule has 6 saturated heterocycles. The summed E-state index contributed by atoms with van der Waals surface area (Å²) in [7, 11) is 1.93. The number of aryl methyl sites for hydroxylation is 1. The molecule has 18 heteroatoms. The Morgan fingerprint density at radius 1 is 0.896 bits per heavy atom. The Labute approximate surface area is 445 Å². The van der Waals surface area contributed by atoms with E-state index in [2.05, 4.69) is 59.3 Å². The molecule has 3 atom stereocenters. The summed E-state index contributed by atoms with van der Waals surface area (Å²) in [6.07, 6.45) is 18.0. The predicted molar refractivity (Wildman–Crippen MR) is 287 cm³/mol. The molecule has 400 valence electrons. The molecule has 6 aromatic rings. The molecule has 0 radical (unpaired) electrons. The highest BCUT2D eigenvalue weighted by Gasteiger charge is 2.46. The first kappa shape index (κ1) is 49.7. The van der Waals surface area contributed by atoms with Gasteiger partial charge in [0, 0.05) is 98.2 Å². The smallest absolute Gasteiger partial charge is 0.319 e. The lowest BCUT2D eigenvalue weighted by Crippen LogP contribution is -2.51. The molecule has 13 rings (SSSR count). The van der Waals surface area contributed by atoms with Crippen molar-refractivity contribution in [3.63, 3.8) is 0 Å². The second-order valence-electron chi connectivity index (χ2n) is 23.2. The van der Waals surface area contributed by atoms with Crippen LogP contribution in [0.1, 0.15) is 106 Å². The number of phenolic OH excluding ortho intramolecular Hbond substituents is 1. The molecular weight excluding hydrogens is 981 g/mol. The van der Waals surface area contributed by atoms with Gasteiger partial charge in [-0.05, 0) is 138 Å². The van der Waals surface area contributed by atoms with Crippen LogP contribution in [0.3, 0.4) is 0 Å². The van der Waals surface area contributed by atoms with Crippen molar-refractivity contribution < 1.29 is 33.0 Å². The van der Waals surface area contributed by atoms with Gasteiger partial charge in [0.05, 0.1) is 34.7 Å². The number of carbonyl (C=O) groups excluding carboxylic acids is 3. The van der Waals surface area contributed by atoms with Crippen LogP contribution >= 0.6 is 0 Å². The van der Waals surface area contributed by atoms with Crippen molar-refractivity contribution in [1.82, 2.24) is 50.1 Å². The van der Waals surface area contributed by atoms with Gasteiger partial charge in [0.1, 0.15) is 28.6 Å². The summed E-state index contributed by atoms with van der Waals surface area (Å²) in [4.78, 5) is 62.1. The lowest BCUT2D eigenvalue weighted by Gasteiger charge is -2.43. The average Bonchev–Trinajstić information content (AvgIpc) is 4.05. The number of rotatable bonds is 11. The highest BCUT2D eigenvalue weighted by molar-refractivity contribution is 6.04. The Morgan fingerprint density at radius 2 is 1.66 bits per heavy atom. The molecule has 7 fully saturated rings. The fourth-order valence-electron chi connectivity index (χ4n) is 13.9. The first-order valence-electron chi connectivity index (χ1n) is 27.9. The minimum absolute atomic E-state index is 0.0239. The molecule has 16 nitrogen and oxygen atoms in total. The van der Waals surface area contributed by atoms with Crippen molar-refractivity contribution >= 4 is 56.1 Å². The van der Waals surface area contributed by atoms with E-state index in [1.54, 1.807) is 6.20 Å². The highest BCUT2D eigenvalue weighted by Crippen LogP contribution is 2.48. The summed E-state index contributed by atoms with van der Waals surface area (Å²) >= 11 is 0. The molecule has 3 aromatic heterocycles. The van der Waals surface area contributed by atoms with Gasteiger partial charge in [-0.25, -0.2) is 8.78 Å². The zero-order chi connectivity index (χ0) is 52.7. The largest absolute Gasteiger partial charge is 0.508 e. The number of pyridine rings is 1. The second kappa shape index (κ2) is 19.9. The zero-order valence-corrected chi connectivity index (χ0v) is 43.6. The van der Waals surface area contributed by atoms with Crippen molar-refractivity contribution in [3.05, 3.63) is 77.1 Å². The van der Waals surface area contributed by atoms with Gasteiger partial charge in [0.2, 0.25) is 17.7 Å². The molecule has 3 amide bonds. The quantitative estimate of drug-likeness (QED) is 0.0905. The molecule has 0 spiro atoms. The number of nitrogens with one attached hydrogen (secondary N) is 2. The van der Waals surface area contributed by atoms with Gasteiger partial charge in [-0.15, -0.1) is 6.42 Å². The number of aromatic nitrogens is 5. The molecule has 77 heavy (non-hydrogen) atoms. The lowest BCUT2D eigenvalue weighted by molar-refractivity contribution is -0.139. The Hall–Kier alpha value is -6.81. The van der Waals surface area contributed by atoms with Crippen LogP contribution in [0.4, 0.5) is 14.6 Å². The number of carbonyl (C=O) groups is 3. The van der Waals surface area contributed by atoms with E-state index in [0.717, 1.165) is 127 Å². The van der Waals surface area contributed by atoms with Crippen molar-refractivity contribution in [3.8, 4) is 35.4 Å². The van der Waals surface area contributed by atoms with E-state index in [4.69, 9.17) is 26.2 Å². The first-order chi connectivity index (χ1) is 37.4. The van der Waals surface area contributed by atoms with Crippen molar-refractivity contribution in [2.75, 3.05) is 70.4 Å². The Bertz CT molecular complexity index is 3380. The summed E-state index contributed by atoms with van der Waals surface area (Å²) in [6, 6.07) is 13.2.